The van der Waals surface area contributed by atoms with Crippen LogP contribution >= 0.6 is 0 Å². The van der Waals surface area contributed by atoms with Crippen LogP contribution < -0.4 is 5.32 Å². The minimum absolute atomic E-state index is 0.0224. The molecule has 1 aliphatic heterocycles. The van der Waals surface area contributed by atoms with E-state index in [0.29, 0.717) is 19.6 Å². The molecule has 0 bridgehead atoms. The van der Waals surface area contributed by atoms with Gasteiger partial charge >= 0.3 is 0 Å². The SMILES string of the molecule is CCOCC(C(C)C)N1C(=O)C(CC)NC(=O)C1C(C)C. The fourth-order valence-electron chi connectivity index (χ4n) is 2.87. The fraction of sp³-hybridized carbons (Fsp3) is 0.875. The first kappa shape index (κ1) is 18.0. The molecule has 0 saturated carbocycles. The van der Waals surface area contributed by atoms with Gasteiger partial charge in [-0.1, -0.05) is 34.6 Å². The number of nitrogens with one attached hydrogen (secondary N) is 1. The van der Waals surface area contributed by atoms with Gasteiger partial charge in [-0.3, -0.25) is 9.59 Å². The van der Waals surface area contributed by atoms with Gasteiger partial charge in [0.05, 0.1) is 12.6 Å². The molecule has 1 N–H and O–H groups in total. The zero-order valence-corrected chi connectivity index (χ0v) is 14.2. The average molecular weight is 298 g/mol. The van der Waals surface area contributed by atoms with Crippen LogP contribution in [-0.2, 0) is 14.3 Å². The van der Waals surface area contributed by atoms with Crippen LogP contribution in [-0.4, -0.2) is 48.1 Å². The molecule has 0 aromatic heterocycles. The molecule has 1 rings (SSSR count). The van der Waals surface area contributed by atoms with Gasteiger partial charge in [0.2, 0.25) is 11.8 Å². The summed E-state index contributed by atoms with van der Waals surface area (Å²) in [7, 11) is 0. The van der Waals surface area contributed by atoms with E-state index >= 15 is 0 Å². The Hall–Kier alpha value is -1.10. The predicted octanol–water partition coefficient (Wildman–Crippen LogP) is 1.81. The van der Waals surface area contributed by atoms with Crippen molar-refractivity contribution in [3.8, 4) is 0 Å². The van der Waals surface area contributed by atoms with Crippen molar-refractivity contribution >= 4 is 11.8 Å². The van der Waals surface area contributed by atoms with Crippen LogP contribution in [0.2, 0.25) is 0 Å². The Morgan fingerprint density at radius 2 is 1.81 bits per heavy atom. The Kier molecular flexibility index (Phi) is 6.65. The van der Waals surface area contributed by atoms with E-state index < -0.39 is 12.1 Å². The number of rotatable bonds is 7. The van der Waals surface area contributed by atoms with Crippen molar-refractivity contribution in [2.45, 2.75) is 66.1 Å². The molecule has 0 radical (unpaired) electrons. The molecule has 0 aromatic rings. The summed E-state index contributed by atoms with van der Waals surface area (Å²) in [5.74, 6) is 0.299. The second-order valence-electron chi connectivity index (χ2n) is 6.37. The third-order valence-corrected chi connectivity index (χ3v) is 4.10. The van der Waals surface area contributed by atoms with Crippen molar-refractivity contribution in [3.63, 3.8) is 0 Å². The third kappa shape index (κ3) is 3.96. The minimum Gasteiger partial charge on any atom is -0.380 e. The number of carbonyl (C=O) groups excluding carboxylic acids is 2. The molecule has 1 aliphatic rings. The number of piperazine rings is 1. The quantitative estimate of drug-likeness (QED) is 0.780. The number of ether oxygens (including phenoxy) is 1. The standard InChI is InChI=1S/C16H30N2O3/c1-7-12-16(20)18(13(10(3)4)9-21-8-2)14(11(5)6)15(19)17-12/h10-14H,7-9H2,1-6H3,(H,17,19). The normalized spacial score (nSPS) is 24.7. The molecule has 0 spiro atoms. The molecule has 3 unspecified atom stereocenters. The highest BCUT2D eigenvalue weighted by molar-refractivity contribution is 5.97. The lowest BCUT2D eigenvalue weighted by molar-refractivity contribution is -0.157. The summed E-state index contributed by atoms with van der Waals surface area (Å²) in [6, 6.07) is -0.881. The first-order chi connectivity index (χ1) is 9.84. The average Bonchev–Trinajstić information content (AvgIpc) is 2.41. The van der Waals surface area contributed by atoms with E-state index in [0.717, 1.165) is 0 Å². The van der Waals surface area contributed by atoms with Crippen molar-refractivity contribution in [1.82, 2.24) is 10.2 Å². The summed E-state index contributed by atoms with van der Waals surface area (Å²) in [5.41, 5.74) is 0. The minimum atomic E-state index is -0.409. The number of hydrogen-bond acceptors (Lipinski definition) is 3. The second-order valence-corrected chi connectivity index (χ2v) is 6.37. The molecule has 1 heterocycles. The van der Waals surface area contributed by atoms with Gasteiger partial charge in [0.1, 0.15) is 12.1 Å². The number of hydrogen-bond donors (Lipinski definition) is 1. The molecule has 122 valence electrons. The first-order valence-electron chi connectivity index (χ1n) is 8.05. The molecule has 0 aromatic carbocycles. The van der Waals surface area contributed by atoms with Crippen molar-refractivity contribution in [3.05, 3.63) is 0 Å². The van der Waals surface area contributed by atoms with Crippen LogP contribution in [0.15, 0.2) is 0 Å². The topological polar surface area (TPSA) is 58.6 Å². The van der Waals surface area contributed by atoms with Gasteiger partial charge in [-0.2, -0.15) is 0 Å². The van der Waals surface area contributed by atoms with E-state index in [9.17, 15) is 9.59 Å². The van der Waals surface area contributed by atoms with Crippen LogP contribution in [0.4, 0.5) is 0 Å². The Morgan fingerprint density at radius 3 is 2.24 bits per heavy atom. The van der Waals surface area contributed by atoms with Crippen molar-refractivity contribution in [2.75, 3.05) is 13.2 Å². The van der Waals surface area contributed by atoms with Gasteiger partial charge in [-0.15, -0.1) is 0 Å². The van der Waals surface area contributed by atoms with Gasteiger partial charge in [-0.05, 0) is 25.2 Å². The van der Waals surface area contributed by atoms with Crippen LogP contribution in [0.5, 0.6) is 0 Å². The summed E-state index contributed by atoms with van der Waals surface area (Å²) in [5, 5.41) is 2.86. The first-order valence-corrected chi connectivity index (χ1v) is 8.05. The molecule has 1 saturated heterocycles. The van der Waals surface area contributed by atoms with Crippen LogP contribution in [0, 0.1) is 11.8 Å². The highest BCUT2D eigenvalue weighted by Crippen LogP contribution is 2.25. The van der Waals surface area contributed by atoms with Crippen LogP contribution in [0.3, 0.4) is 0 Å². The lowest BCUT2D eigenvalue weighted by atomic mass is 9.91. The molecule has 2 amide bonds. The summed E-state index contributed by atoms with van der Waals surface area (Å²) in [4.78, 5) is 27.0. The monoisotopic (exact) mass is 298 g/mol. The largest absolute Gasteiger partial charge is 0.380 e. The predicted molar refractivity (Wildman–Crippen MR) is 82.8 cm³/mol. The van der Waals surface area contributed by atoms with E-state index in [1.54, 1.807) is 4.90 Å². The Balaban J connectivity index is 3.12. The van der Waals surface area contributed by atoms with E-state index in [1.165, 1.54) is 0 Å². The van der Waals surface area contributed by atoms with Crippen LogP contribution in [0.25, 0.3) is 0 Å². The van der Waals surface area contributed by atoms with Crippen molar-refractivity contribution < 1.29 is 14.3 Å². The van der Waals surface area contributed by atoms with Crippen LogP contribution in [0.1, 0.15) is 48.0 Å². The lowest BCUT2D eigenvalue weighted by Crippen LogP contribution is -2.68. The van der Waals surface area contributed by atoms with Crippen molar-refractivity contribution in [1.29, 1.82) is 0 Å². The van der Waals surface area contributed by atoms with E-state index in [4.69, 9.17) is 4.74 Å². The Bertz CT molecular complexity index is 369. The zero-order valence-electron chi connectivity index (χ0n) is 14.2. The van der Waals surface area contributed by atoms with Gasteiger partial charge in [-0.25, -0.2) is 0 Å². The second kappa shape index (κ2) is 7.78. The van der Waals surface area contributed by atoms with E-state index in [2.05, 4.69) is 19.2 Å². The fourth-order valence-corrected chi connectivity index (χ4v) is 2.87. The number of nitrogens with zero attached hydrogens (tertiary/aromatic N) is 1. The third-order valence-electron chi connectivity index (χ3n) is 4.10. The van der Waals surface area contributed by atoms with Gasteiger partial charge in [0.15, 0.2) is 0 Å². The summed E-state index contributed by atoms with van der Waals surface area (Å²) >= 11 is 0. The Morgan fingerprint density at radius 1 is 1.19 bits per heavy atom. The molecule has 1 fully saturated rings. The maximum absolute atomic E-state index is 12.8. The smallest absolute Gasteiger partial charge is 0.246 e. The molecule has 3 atom stereocenters. The highest BCUT2D eigenvalue weighted by Gasteiger charge is 2.45. The molecule has 0 aliphatic carbocycles. The van der Waals surface area contributed by atoms with E-state index in [-0.39, 0.29) is 29.7 Å². The molecule has 21 heavy (non-hydrogen) atoms. The number of carbonyl (C=O) groups is 2. The van der Waals surface area contributed by atoms with Gasteiger partial charge in [0, 0.05) is 6.61 Å². The Labute approximate surface area is 128 Å². The number of amides is 2. The zero-order chi connectivity index (χ0) is 16.2. The van der Waals surface area contributed by atoms with Gasteiger partial charge < -0.3 is 15.0 Å². The summed E-state index contributed by atoms with van der Waals surface area (Å²) in [6.07, 6.45) is 0.616. The molecule has 5 heteroatoms. The van der Waals surface area contributed by atoms with Crippen molar-refractivity contribution in [2.24, 2.45) is 11.8 Å². The van der Waals surface area contributed by atoms with E-state index in [1.807, 2.05) is 27.7 Å². The molecular weight excluding hydrogens is 268 g/mol. The lowest BCUT2D eigenvalue weighted by Gasteiger charge is -2.46. The summed E-state index contributed by atoms with van der Waals surface area (Å²) < 4.78 is 5.57. The molecular formula is C16H30N2O3. The highest BCUT2D eigenvalue weighted by atomic mass is 16.5. The summed E-state index contributed by atoms with van der Waals surface area (Å²) in [6.45, 7) is 13.1. The molecule has 5 nitrogen and oxygen atoms in total. The maximum atomic E-state index is 12.8. The van der Waals surface area contributed by atoms with Gasteiger partial charge in [0.25, 0.3) is 0 Å². The maximum Gasteiger partial charge on any atom is 0.246 e.